The van der Waals surface area contributed by atoms with E-state index in [0.29, 0.717) is 0 Å². The molecule has 2 aromatic rings. The standard InChI is InChI=1S/C9H13BrN6/c1-3-16-8(6(10)4-14-16)7(11-2)9-12-5-13-15-9/h4-5,7,11H,3H2,1-2H3,(H,12,13,15). The molecular weight excluding hydrogens is 272 g/mol. The second kappa shape index (κ2) is 4.75. The molecule has 16 heavy (non-hydrogen) atoms. The largest absolute Gasteiger partial charge is 0.305 e. The third-order valence-corrected chi connectivity index (χ3v) is 3.01. The lowest BCUT2D eigenvalue weighted by Crippen LogP contribution is -2.23. The highest BCUT2D eigenvalue weighted by Gasteiger charge is 2.22. The first-order valence-corrected chi connectivity index (χ1v) is 5.81. The topological polar surface area (TPSA) is 71.4 Å². The molecule has 0 aliphatic rings. The minimum Gasteiger partial charge on any atom is -0.305 e. The zero-order chi connectivity index (χ0) is 11.5. The van der Waals surface area contributed by atoms with Crippen molar-refractivity contribution in [2.24, 2.45) is 0 Å². The highest BCUT2D eigenvalue weighted by atomic mass is 79.9. The quantitative estimate of drug-likeness (QED) is 0.882. The molecule has 0 saturated heterocycles. The molecule has 1 unspecified atom stereocenters. The van der Waals surface area contributed by atoms with Crippen molar-refractivity contribution in [1.29, 1.82) is 0 Å². The smallest absolute Gasteiger partial charge is 0.147 e. The predicted molar refractivity (Wildman–Crippen MR) is 62.9 cm³/mol. The summed E-state index contributed by atoms with van der Waals surface area (Å²) in [6, 6.07) is -0.0423. The summed E-state index contributed by atoms with van der Waals surface area (Å²) < 4.78 is 2.89. The van der Waals surface area contributed by atoms with Crippen LogP contribution in [0.3, 0.4) is 0 Å². The van der Waals surface area contributed by atoms with Gasteiger partial charge >= 0.3 is 0 Å². The van der Waals surface area contributed by atoms with Crippen molar-refractivity contribution in [1.82, 2.24) is 30.3 Å². The number of aryl methyl sites for hydroxylation is 1. The Kier molecular flexibility index (Phi) is 3.35. The van der Waals surface area contributed by atoms with Crippen LogP contribution in [0.2, 0.25) is 0 Å². The minimum absolute atomic E-state index is 0.0423. The first kappa shape index (κ1) is 11.3. The number of nitrogens with one attached hydrogen (secondary N) is 2. The van der Waals surface area contributed by atoms with Crippen molar-refractivity contribution >= 4 is 15.9 Å². The van der Waals surface area contributed by atoms with Crippen LogP contribution < -0.4 is 5.32 Å². The van der Waals surface area contributed by atoms with E-state index >= 15 is 0 Å². The van der Waals surface area contributed by atoms with Crippen LogP contribution in [0.5, 0.6) is 0 Å². The van der Waals surface area contributed by atoms with E-state index in [1.165, 1.54) is 6.33 Å². The first-order valence-electron chi connectivity index (χ1n) is 5.01. The van der Waals surface area contributed by atoms with Gasteiger partial charge in [0.25, 0.3) is 0 Å². The van der Waals surface area contributed by atoms with Gasteiger partial charge in [0.05, 0.1) is 16.4 Å². The van der Waals surface area contributed by atoms with E-state index in [-0.39, 0.29) is 6.04 Å². The number of nitrogens with zero attached hydrogens (tertiary/aromatic N) is 4. The summed E-state index contributed by atoms with van der Waals surface area (Å²) in [7, 11) is 1.88. The summed E-state index contributed by atoms with van der Waals surface area (Å²) in [5.41, 5.74) is 1.04. The fourth-order valence-corrected chi connectivity index (χ4v) is 2.19. The zero-order valence-corrected chi connectivity index (χ0v) is 10.7. The number of halogens is 1. The molecule has 6 nitrogen and oxygen atoms in total. The van der Waals surface area contributed by atoms with E-state index in [4.69, 9.17) is 0 Å². The highest BCUT2D eigenvalue weighted by Crippen LogP contribution is 2.26. The summed E-state index contributed by atoms with van der Waals surface area (Å²) in [5, 5.41) is 14.2. The maximum Gasteiger partial charge on any atom is 0.147 e. The Morgan fingerprint density at radius 2 is 2.44 bits per heavy atom. The Labute approximate surface area is 102 Å². The van der Waals surface area contributed by atoms with Gasteiger partial charge in [-0.25, -0.2) is 4.98 Å². The monoisotopic (exact) mass is 284 g/mol. The Morgan fingerprint density at radius 3 is 3.00 bits per heavy atom. The van der Waals surface area contributed by atoms with Gasteiger partial charge in [0.15, 0.2) is 0 Å². The second-order valence-corrected chi connectivity index (χ2v) is 4.14. The predicted octanol–water partition coefficient (Wildman–Crippen LogP) is 1.09. The van der Waals surface area contributed by atoms with Gasteiger partial charge < -0.3 is 5.32 Å². The fourth-order valence-electron chi connectivity index (χ4n) is 1.67. The number of H-pyrrole nitrogens is 1. The van der Waals surface area contributed by atoms with Crippen molar-refractivity contribution in [3.05, 3.63) is 28.5 Å². The minimum atomic E-state index is -0.0423. The van der Waals surface area contributed by atoms with E-state index < -0.39 is 0 Å². The van der Waals surface area contributed by atoms with Gasteiger partial charge in [-0.3, -0.25) is 9.78 Å². The number of rotatable bonds is 4. The van der Waals surface area contributed by atoms with Gasteiger partial charge in [-0.1, -0.05) is 0 Å². The van der Waals surface area contributed by atoms with Gasteiger partial charge in [0.2, 0.25) is 0 Å². The van der Waals surface area contributed by atoms with E-state index in [1.54, 1.807) is 6.20 Å². The molecule has 2 N–H and O–H groups in total. The van der Waals surface area contributed by atoms with E-state index in [0.717, 1.165) is 22.5 Å². The van der Waals surface area contributed by atoms with Crippen LogP contribution in [0.1, 0.15) is 24.5 Å². The molecule has 0 aliphatic heterocycles. The summed E-state index contributed by atoms with van der Waals surface area (Å²) in [6.45, 7) is 2.86. The lowest BCUT2D eigenvalue weighted by Gasteiger charge is -2.15. The molecule has 0 bridgehead atoms. The summed E-state index contributed by atoms with van der Waals surface area (Å²) in [4.78, 5) is 4.17. The highest BCUT2D eigenvalue weighted by molar-refractivity contribution is 9.10. The Balaban J connectivity index is 2.44. The van der Waals surface area contributed by atoms with E-state index in [9.17, 15) is 0 Å². The molecule has 2 heterocycles. The Hall–Kier alpha value is -1.21. The molecule has 0 aliphatic carbocycles. The van der Waals surface area contributed by atoms with Crippen LogP contribution in [0, 0.1) is 0 Å². The molecule has 0 amide bonds. The van der Waals surface area contributed by atoms with Gasteiger partial charge in [-0.05, 0) is 29.9 Å². The van der Waals surface area contributed by atoms with Crippen LogP contribution in [0.25, 0.3) is 0 Å². The molecule has 0 radical (unpaired) electrons. The van der Waals surface area contributed by atoms with Gasteiger partial charge in [-0.2, -0.15) is 10.2 Å². The van der Waals surface area contributed by atoms with Crippen molar-refractivity contribution in [2.75, 3.05) is 7.05 Å². The molecule has 0 aromatic carbocycles. The number of hydrogen-bond donors (Lipinski definition) is 2. The van der Waals surface area contributed by atoms with Crippen molar-refractivity contribution < 1.29 is 0 Å². The lowest BCUT2D eigenvalue weighted by atomic mass is 10.2. The van der Waals surface area contributed by atoms with Crippen molar-refractivity contribution in [3.63, 3.8) is 0 Å². The number of aromatic nitrogens is 5. The molecule has 0 spiro atoms. The number of hydrogen-bond acceptors (Lipinski definition) is 4. The van der Waals surface area contributed by atoms with Gasteiger partial charge in [-0.15, -0.1) is 0 Å². The van der Waals surface area contributed by atoms with Crippen molar-refractivity contribution in [3.8, 4) is 0 Å². The van der Waals surface area contributed by atoms with Crippen LogP contribution in [-0.4, -0.2) is 32.0 Å². The summed E-state index contributed by atoms with van der Waals surface area (Å²) in [6.07, 6.45) is 3.29. The summed E-state index contributed by atoms with van der Waals surface area (Å²) >= 11 is 3.50. The third kappa shape index (κ3) is 1.88. The lowest BCUT2D eigenvalue weighted by molar-refractivity contribution is 0.546. The molecule has 1 atom stereocenters. The number of aromatic amines is 1. The molecule has 86 valence electrons. The fraction of sp³-hybridized carbons (Fsp3) is 0.444. The normalized spacial score (nSPS) is 12.9. The molecule has 2 rings (SSSR count). The van der Waals surface area contributed by atoms with Crippen LogP contribution in [-0.2, 0) is 6.54 Å². The molecule has 0 fully saturated rings. The summed E-state index contributed by atoms with van der Waals surface area (Å²) in [5.74, 6) is 0.776. The maximum atomic E-state index is 4.28. The van der Waals surface area contributed by atoms with Crippen LogP contribution in [0.4, 0.5) is 0 Å². The zero-order valence-electron chi connectivity index (χ0n) is 9.11. The molecule has 0 saturated carbocycles. The molecule has 2 aromatic heterocycles. The molecule has 7 heteroatoms. The maximum absolute atomic E-state index is 4.28. The van der Waals surface area contributed by atoms with Gasteiger partial charge in [0.1, 0.15) is 18.2 Å². The Bertz CT molecular complexity index is 449. The van der Waals surface area contributed by atoms with Crippen LogP contribution >= 0.6 is 15.9 Å². The van der Waals surface area contributed by atoms with E-state index in [2.05, 4.69) is 48.5 Å². The first-order chi connectivity index (χ1) is 7.77. The average molecular weight is 285 g/mol. The second-order valence-electron chi connectivity index (χ2n) is 3.29. The Morgan fingerprint density at radius 1 is 1.62 bits per heavy atom. The average Bonchev–Trinajstić information content (AvgIpc) is 2.91. The van der Waals surface area contributed by atoms with E-state index in [1.807, 2.05) is 11.7 Å². The van der Waals surface area contributed by atoms with Crippen LogP contribution in [0.15, 0.2) is 17.0 Å². The SMILES string of the molecule is CCn1ncc(Br)c1C(NC)c1ncn[nH]1. The van der Waals surface area contributed by atoms with Crippen molar-refractivity contribution in [2.45, 2.75) is 19.5 Å². The third-order valence-electron chi connectivity index (χ3n) is 2.40. The molecular formula is C9H13BrN6. The van der Waals surface area contributed by atoms with Gasteiger partial charge in [0, 0.05) is 6.54 Å².